The first-order valence-corrected chi connectivity index (χ1v) is 7.22. The zero-order chi connectivity index (χ0) is 12.4. The Kier molecular flexibility index (Phi) is 4.02. The van der Waals surface area contributed by atoms with Gasteiger partial charge in [0.05, 0.1) is 10.2 Å². The normalized spacial score (nSPS) is 24.9. The maximum atomic E-state index is 5.94. The van der Waals surface area contributed by atoms with E-state index < -0.39 is 0 Å². The van der Waals surface area contributed by atoms with Crippen LogP contribution in [0.2, 0.25) is 0 Å². The SMILES string of the molecule is CCc1nc(C2CCCC(C)C2)nc(N)c1Br. The van der Waals surface area contributed by atoms with Crippen LogP contribution in [0.4, 0.5) is 5.82 Å². The van der Waals surface area contributed by atoms with Crippen molar-refractivity contribution in [1.82, 2.24) is 9.97 Å². The first-order chi connectivity index (χ1) is 8.11. The molecule has 17 heavy (non-hydrogen) atoms. The molecule has 1 aliphatic rings. The third kappa shape index (κ3) is 2.79. The molecule has 0 saturated heterocycles. The highest BCUT2D eigenvalue weighted by Gasteiger charge is 2.23. The van der Waals surface area contributed by atoms with Crippen molar-refractivity contribution in [1.29, 1.82) is 0 Å². The molecule has 3 nitrogen and oxygen atoms in total. The lowest BCUT2D eigenvalue weighted by Gasteiger charge is -2.26. The van der Waals surface area contributed by atoms with Gasteiger partial charge < -0.3 is 5.73 Å². The van der Waals surface area contributed by atoms with Crippen LogP contribution in [0.25, 0.3) is 0 Å². The number of hydrogen-bond acceptors (Lipinski definition) is 3. The summed E-state index contributed by atoms with van der Waals surface area (Å²) >= 11 is 3.46. The van der Waals surface area contributed by atoms with Crippen LogP contribution in [0, 0.1) is 5.92 Å². The number of nitrogen functional groups attached to an aromatic ring is 1. The Morgan fingerprint density at radius 2 is 2.12 bits per heavy atom. The molecule has 94 valence electrons. The van der Waals surface area contributed by atoms with Crippen molar-refractivity contribution in [2.24, 2.45) is 5.92 Å². The lowest BCUT2D eigenvalue weighted by Crippen LogP contribution is -2.16. The van der Waals surface area contributed by atoms with Crippen molar-refractivity contribution < 1.29 is 0 Å². The van der Waals surface area contributed by atoms with Gasteiger partial charge in [-0.1, -0.05) is 26.7 Å². The van der Waals surface area contributed by atoms with E-state index in [9.17, 15) is 0 Å². The van der Waals surface area contributed by atoms with E-state index in [1.54, 1.807) is 0 Å². The maximum Gasteiger partial charge on any atom is 0.141 e. The highest BCUT2D eigenvalue weighted by Crippen LogP contribution is 2.35. The van der Waals surface area contributed by atoms with E-state index in [1.807, 2.05) is 0 Å². The molecule has 0 amide bonds. The molecule has 1 saturated carbocycles. The van der Waals surface area contributed by atoms with Gasteiger partial charge in [0.2, 0.25) is 0 Å². The number of anilines is 1. The van der Waals surface area contributed by atoms with Gasteiger partial charge in [0.1, 0.15) is 11.6 Å². The maximum absolute atomic E-state index is 5.94. The Hall–Kier alpha value is -0.640. The van der Waals surface area contributed by atoms with Crippen LogP contribution in [0.5, 0.6) is 0 Å². The molecule has 1 aromatic rings. The average Bonchev–Trinajstić information content (AvgIpc) is 2.32. The van der Waals surface area contributed by atoms with Crippen LogP contribution in [-0.4, -0.2) is 9.97 Å². The van der Waals surface area contributed by atoms with Crippen LogP contribution in [0.1, 0.15) is 57.0 Å². The standard InChI is InChI=1S/C13H20BrN3/c1-3-10-11(14)12(15)17-13(16-10)9-6-4-5-8(2)7-9/h8-9H,3-7H2,1-2H3,(H2,15,16,17). The van der Waals surface area contributed by atoms with E-state index in [0.29, 0.717) is 11.7 Å². The highest BCUT2D eigenvalue weighted by molar-refractivity contribution is 9.10. The minimum atomic E-state index is 0.499. The molecule has 2 unspecified atom stereocenters. The summed E-state index contributed by atoms with van der Waals surface area (Å²) < 4.78 is 0.868. The number of hydrogen-bond donors (Lipinski definition) is 1. The number of aryl methyl sites for hydroxylation is 1. The minimum Gasteiger partial charge on any atom is -0.383 e. The third-order valence-corrected chi connectivity index (χ3v) is 4.46. The van der Waals surface area contributed by atoms with Crippen molar-refractivity contribution in [3.05, 3.63) is 16.0 Å². The summed E-state index contributed by atoms with van der Waals surface area (Å²) in [5.41, 5.74) is 6.97. The monoisotopic (exact) mass is 297 g/mol. The van der Waals surface area contributed by atoms with Crippen molar-refractivity contribution in [3.63, 3.8) is 0 Å². The number of halogens is 1. The zero-order valence-electron chi connectivity index (χ0n) is 10.5. The van der Waals surface area contributed by atoms with Gasteiger partial charge in [0, 0.05) is 5.92 Å². The van der Waals surface area contributed by atoms with E-state index in [-0.39, 0.29) is 0 Å². The second-order valence-electron chi connectivity index (χ2n) is 5.05. The van der Waals surface area contributed by atoms with Crippen LogP contribution in [-0.2, 0) is 6.42 Å². The first kappa shape index (κ1) is 12.8. The molecular weight excluding hydrogens is 278 g/mol. The molecule has 0 aromatic carbocycles. The van der Waals surface area contributed by atoms with Crippen molar-refractivity contribution >= 4 is 21.7 Å². The quantitative estimate of drug-likeness (QED) is 0.906. The molecule has 0 aliphatic heterocycles. The molecule has 1 heterocycles. The Morgan fingerprint density at radius 3 is 2.76 bits per heavy atom. The number of nitrogens with two attached hydrogens (primary N) is 1. The molecule has 0 spiro atoms. The molecule has 1 fully saturated rings. The molecule has 2 N–H and O–H groups in total. The van der Waals surface area contributed by atoms with Gasteiger partial charge in [0.25, 0.3) is 0 Å². The lowest BCUT2D eigenvalue weighted by molar-refractivity contribution is 0.335. The third-order valence-electron chi connectivity index (χ3n) is 3.60. The number of nitrogens with zero attached hydrogens (tertiary/aromatic N) is 2. The smallest absolute Gasteiger partial charge is 0.141 e. The van der Waals surface area contributed by atoms with E-state index in [4.69, 9.17) is 5.73 Å². The summed E-state index contributed by atoms with van der Waals surface area (Å²) in [6.07, 6.45) is 5.91. The van der Waals surface area contributed by atoms with Gasteiger partial charge in [-0.3, -0.25) is 0 Å². The zero-order valence-corrected chi connectivity index (χ0v) is 12.1. The van der Waals surface area contributed by atoms with Gasteiger partial charge >= 0.3 is 0 Å². The van der Waals surface area contributed by atoms with Crippen LogP contribution in [0.15, 0.2) is 4.47 Å². The summed E-state index contributed by atoms with van der Waals surface area (Å²) in [6.45, 7) is 4.41. The van der Waals surface area contributed by atoms with E-state index in [0.717, 1.165) is 28.3 Å². The number of rotatable bonds is 2. The van der Waals surface area contributed by atoms with Crippen molar-refractivity contribution in [2.45, 2.75) is 51.9 Å². The van der Waals surface area contributed by atoms with Gasteiger partial charge in [0.15, 0.2) is 0 Å². The summed E-state index contributed by atoms with van der Waals surface area (Å²) in [5, 5.41) is 0. The molecule has 0 bridgehead atoms. The Balaban J connectivity index is 2.29. The van der Waals surface area contributed by atoms with Gasteiger partial charge in [-0.25, -0.2) is 9.97 Å². The fourth-order valence-electron chi connectivity index (χ4n) is 2.62. The van der Waals surface area contributed by atoms with Gasteiger partial charge in [-0.15, -0.1) is 0 Å². The summed E-state index contributed by atoms with van der Waals surface area (Å²) in [6, 6.07) is 0. The minimum absolute atomic E-state index is 0.499. The lowest BCUT2D eigenvalue weighted by atomic mass is 9.82. The van der Waals surface area contributed by atoms with Gasteiger partial charge in [-0.05, 0) is 41.1 Å². The molecular formula is C13H20BrN3. The topological polar surface area (TPSA) is 51.8 Å². The molecule has 0 radical (unpaired) electrons. The second-order valence-corrected chi connectivity index (χ2v) is 5.84. The summed E-state index contributed by atoms with van der Waals surface area (Å²) in [4.78, 5) is 9.13. The average molecular weight is 298 g/mol. The predicted molar refractivity (Wildman–Crippen MR) is 73.9 cm³/mol. The van der Waals surface area contributed by atoms with E-state index in [2.05, 4.69) is 39.7 Å². The van der Waals surface area contributed by atoms with E-state index >= 15 is 0 Å². The Morgan fingerprint density at radius 1 is 1.35 bits per heavy atom. The Bertz CT molecular complexity index is 406. The summed E-state index contributed by atoms with van der Waals surface area (Å²) in [7, 11) is 0. The molecule has 1 aromatic heterocycles. The van der Waals surface area contributed by atoms with Crippen molar-refractivity contribution in [2.75, 3.05) is 5.73 Å². The van der Waals surface area contributed by atoms with Gasteiger partial charge in [-0.2, -0.15) is 0 Å². The Labute approximate surface area is 111 Å². The second kappa shape index (κ2) is 5.34. The number of aromatic nitrogens is 2. The fourth-order valence-corrected chi connectivity index (χ4v) is 3.08. The van der Waals surface area contributed by atoms with Crippen LogP contribution < -0.4 is 5.73 Å². The fraction of sp³-hybridized carbons (Fsp3) is 0.692. The van der Waals surface area contributed by atoms with Crippen molar-refractivity contribution in [3.8, 4) is 0 Å². The first-order valence-electron chi connectivity index (χ1n) is 6.43. The predicted octanol–water partition coefficient (Wildman–Crippen LogP) is 3.68. The summed E-state index contributed by atoms with van der Waals surface area (Å²) in [5.74, 6) is 2.82. The van der Waals surface area contributed by atoms with Crippen LogP contribution in [0.3, 0.4) is 0 Å². The molecule has 1 aliphatic carbocycles. The molecule has 2 rings (SSSR count). The van der Waals surface area contributed by atoms with Crippen LogP contribution >= 0.6 is 15.9 Å². The molecule has 4 heteroatoms. The molecule has 2 atom stereocenters. The highest BCUT2D eigenvalue weighted by atomic mass is 79.9. The van der Waals surface area contributed by atoms with E-state index in [1.165, 1.54) is 25.7 Å². The largest absolute Gasteiger partial charge is 0.383 e.